The van der Waals surface area contributed by atoms with Gasteiger partial charge in [-0.15, -0.1) is 0 Å². The van der Waals surface area contributed by atoms with E-state index in [2.05, 4.69) is 36.3 Å². The van der Waals surface area contributed by atoms with Crippen molar-refractivity contribution in [3.63, 3.8) is 0 Å². The van der Waals surface area contributed by atoms with Gasteiger partial charge in [-0.2, -0.15) is 5.10 Å². The number of halogens is 1. The first kappa shape index (κ1) is 12.0. The molecule has 2 heterocycles. The van der Waals surface area contributed by atoms with Crippen molar-refractivity contribution in [3.05, 3.63) is 28.8 Å². The Bertz CT molecular complexity index is 496. The number of hydrogen-bond acceptors (Lipinski definition) is 5. The third-order valence-electron chi connectivity index (χ3n) is 2.12. The summed E-state index contributed by atoms with van der Waals surface area (Å²) in [6.07, 6.45) is 5.66. The summed E-state index contributed by atoms with van der Waals surface area (Å²) in [7, 11) is 1.83. The van der Waals surface area contributed by atoms with E-state index in [1.807, 2.05) is 13.2 Å². The molecule has 0 aliphatic rings. The zero-order chi connectivity index (χ0) is 12.3. The summed E-state index contributed by atoms with van der Waals surface area (Å²) < 4.78 is 2.51. The number of aliphatic hydroxyl groups excluding tert-OH is 1. The maximum absolute atomic E-state index is 8.94. The fourth-order valence-corrected chi connectivity index (χ4v) is 1.63. The zero-order valence-electron chi connectivity index (χ0n) is 9.26. The monoisotopic (exact) mass is 297 g/mol. The molecule has 90 valence electrons. The molecule has 6 nitrogen and oxygen atoms in total. The number of aryl methyl sites for hydroxylation is 1. The van der Waals surface area contributed by atoms with Crippen LogP contribution in [-0.2, 0) is 13.5 Å². The van der Waals surface area contributed by atoms with Gasteiger partial charge in [0.1, 0.15) is 0 Å². The van der Waals surface area contributed by atoms with E-state index in [1.165, 1.54) is 0 Å². The van der Waals surface area contributed by atoms with Crippen molar-refractivity contribution in [1.29, 1.82) is 0 Å². The first-order chi connectivity index (χ1) is 8.19. The number of aliphatic hydroxyl groups is 1. The molecule has 0 aliphatic heterocycles. The van der Waals surface area contributed by atoms with Gasteiger partial charge in [0.25, 0.3) is 0 Å². The quantitative estimate of drug-likeness (QED) is 0.888. The number of nitrogens with zero attached hydrogens (tertiary/aromatic N) is 4. The molecule has 0 aromatic carbocycles. The van der Waals surface area contributed by atoms with Gasteiger partial charge < -0.3 is 10.4 Å². The summed E-state index contributed by atoms with van der Waals surface area (Å²) in [5, 5.41) is 16.3. The predicted octanol–water partition coefficient (Wildman–Crippen LogP) is 1.25. The molecule has 0 aliphatic carbocycles. The highest BCUT2D eigenvalue weighted by Gasteiger charge is 2.08. The normalized spacial score (nSPS) is 10.5. The minimum Gasteiger partial charge on any atom is -0.396 e. The van der Waals surface area contributed by atoms with Crippen molar-refractivity contribution < 1.29 is 5.11 Å². The van der Waals surface area contributed by atoms with Crippen molar-refractivity contribution in [2.45, 2.75) is 6.42 Å². The van der Waals surface area contributed by atoms with E-state index in [0.717, 1.165) is 15.9 Å². The van der Waals surface area contributed by atoms with Crippen LogP contribution in [-0.4, -0.2) is 31.5 Å². The molecule has 0 amide bonds. The number of hydrogen-bond donors (Lipinski definition) is 2. The number of rotatable bonds is 4. The molecule has 0 unspecified atom stereocenters. The summed E-state index contributed by atoms with van der Waals surface area (Å²) in [5.74, 6) is 0.500. The van der Waals surface area contributed by atoms with E-state index in [9.17, 15) is 0 Å². The Hall–Kier alpha value is -1.47. The van der Waals surface area contributed by atoms with Crippen molar-refractivity contribution in [2.75, 3.05) is 11.9 Å². The minimum absolute atomic E-state index is 0.0624. The van der Waals surface area contributed by atoms with Crippen LogP contribution < -0.4 is 5.32 Å². The Balaban J connectivity index is 2.20. The van der Waals surface area contributed by atoms with Gasteiger partial charge in [-0.25, -0.2) is 9.97 Å². The van der Waals surface area contributed by atoms with Crippen LogP contribution in [0.2, 0.25) is 0 Å². The Morgan fingerprint density at radius 3 is 2.76 bits per heavy atom. The lowest BCUT2D eigenvalue weighted by Crippen LogP contribution is -2.00. The van der Waals surface area contributed by atoms with Crippen molar-refractivity contribution in [2.24, 2.45) is 7.05 Å². The van der Waals surface area contributed by atoms with E-state index >= 15 is 0 Å². The third kappa shape index (κ3) is 3.01. The van der Waals surface area contributed by atoms with Gasteiger partial charge >= 0.3 is 0 Å². The fourth-order valence-electron chi connectivity index (χ4n) is 1.43. The van der Waals surface area contributed by atoms with Gasteiger partial charge in [-0.05, 0) is 15.9 Å². The molecule has 2 aromatic rings. The van der Waals surface area contributed by atoms with Gasteiger partial charge in [0, 0.05) is 38.7 Å². The molecule has 0 spiro atoms. The van der Waals surface area contributed by atoms with Crippen molar-refractivity contribution in [1.82, 2.24) is 19.7 Å². The topological polar surface area (TPSA) is 75.9 Å². The molecule has 0 bridgehead atoms. The fraction of sp³-hybridized carbons (Fsp3) is 0.300. The second-order valence-electron chi connectivity index (χ2n) is 3.49. The predicted molar refractivity (Wildman–Crippen MR) is 67.0 cm³/mol. The highest BCUT2D eigenvalue weighted by atomic mass is 79.9. The van der Waals surface area contributed by atoms with E-state index in [-0.39, 0.29) is 6.61 Å². The van der Waals surface area contributed by atoms with Gasteiger partial charge in [0.2, 0.25) is 5.95 Å². The second-order valence-corrected chi connectivity index (χ2v) is 4.40. The highest BCUT2D eigenvalue weighted by molar-refractivity contribution is 9.10. The van der Waals surface area contributed by atoms with Crippen LogP contribution in [0.15, 0.2) is 23.1 Å². The maximum Gasteiger partial charge on any atom is 0.227 e. The molecule has 0 radical (unpaired) electrons. The van der Waals surface area contributed by atoms with Crippen LogP contribution in [0.1, 0.15) is 5.69 Å². The Labute approximate surface area is 107 Å². The first-order valence-electron chi connectivity index (χ1n) is 5.07. The molecular formula is C10H12BrN5O. The minimum atomic E-state index is 0.0624. The molecule has 0 fully saturated rings. The second kappa shape index (κ2) is 5.24. The Kier molecular flexibility index (Phi) is 3.70. The number of aromatic nitrogens is 4. The lowest BCUT2D eigenvalue weighted by atomic mass is 10.3. The Morgan fingerprint density at radius 1 is 1.41 bits per heavy atom. The van der Waals surface area contributed by atoms with E-state index < -0.39 is 0 Å². The number of anilines is 2. The van der Waals surface area contributed by atoms with Crippen LogP contribution in [0.3, 0.4) is 0 Å². The lowest BCUT2D eigenvalue weighted by molar-refractivity contribution is 0.298. The molecular weight excluding hydrogens is 286 g/mol. The van der Waals surface area contributed by atoms with E-state index in [0.29, 0.717) is 12.4 Å². The summed E-state index contributed by atoms with van der Waals surface area (Å²) in [6, 6.07) is 0. The van der Waals surface area contributed by atoms with Crippen LogP contribution in [0, 0.1) is 0 Å². The third-order valence-corrected chi connectivity index (χ3v) is 2.53. The molecule has 2 aromatic heterocycles. The van der Waals surface area contributed by atoms with Crippen LogP contribution in [0.5, 0.6) is 0 Å². The molecule has 2 N–H and O–H groups in total. The molecule has 7 heteroatoms. The summed E-state index contributed by atoms with van der Waals surface area (Å²) in [6.45, 7) is 0.0624. The van der Waals surface area contributed by atoms with Crippen LogP contribution in [0.4, 0.5) is 11.6 Å². The van der Waals surface area contributed by atoms with Gasteiger partial charge in [-0.1, -0.05) is 0 Å². The molecule has 2 rings (SSSR count). The summed E-state index contributed by atoms with van der Waals surface area (Å²) in [5.41, 5.74) is 1.60. The summed E-state index contributed by atoms with van der Waals surface area (Å²) in [4.78, 5) is 8.23. The molecule has 0 saturated heterocycles. The highest BCUT2D eigenvalue weighted by Crippen LogP contribution is 2.18. The van der Waals surface area contributed by atoms with Crippen molar-refractivity contribution >= 4 is 27.6 Å². The SMILES string of the molecule is Cn1cc(Nc2ncc(Br)cn2)c(CCO)n1. The van der Waals surface area contributed by atoms with Gasteiger partial charge in [0.15, 0.2) is 0 Å². The molecule has 0 saturated carbocycles. The molecule has 0 atom stereocenters. The lowest BCUT2D eigenvalue weighted by Gasteiger charge is -2.03. The largest absolute Gasteiger partial charge is 0.396 e. The smallest absolute Gasteiger partial charge is 0.227 e. The van der Waals surface area contributed by atoms with Crippen LogP contribution in [0.25, 0.3) is 0 Å². The van der Waals surface area contributed by atoms with Crippen LogP contribution >= 0.6 is 15.9 Å². The number of nitrogens with one attached hydrogen (secondary N) is 1. The Morgan fingerprint density at radius 2 is 2.12 bits per heavy atom. The first-order valence-corrected chi connectivity index (χ1v) is 5.86. The molecule has 17 heavy (non-hydrogen) atoms. The average Bonchev–Trinajstić information content (AvgIpc) is 2.63. The standard InChI is InChI=1S/C10H12BrN5O/c1-16-6-9(8(15-16)2-3-17)14-10-12-4-7(11)5-13-10/h4-6,17H,2-3H2,1H3,(H,12,13,14). The van der Waals surface area contributed by atoms with E-state index in [4.69, 9.17) is 5.11 Å². The van der Waals surface area contributed by atoms with Gasteiger partial charge in [-0.3, -0.25) is 4.68 Å². The van der Waals surface area contributed by atoms with E-state index in [1.54, 1.807) is 17.1 Å². The maximum atomic E-state index is 8.94. The van der Waals surface area contributed by atoms with Crippen molar-refractivity contribution in [3.8, 4) is 0 Å². The summed E-state index contributed by atoms with van der Waals surface area (Å²) >= 11 is 3.27. The van der Waals surface area contributed by atoms with Gasteiger partial charge in [0.05, 0.1) is 15.9 Å². The average molecular weight is 298 g/mol. The zero-order valence-corrected chi connectivity index (χ0v) is 10.8.